The van der Waals surface area contributed by atoms with Crippen LogP contribution in [0.2, 0.25) is 0 Å². The van der Waals surface area contributed by atoms with Crippen LogP contribution in [0, 0.1) is 5.41 Å². The molecule has 8 heteroatoms. The van der Waals surface area contributed by atoms with Crippen LogP contribution >= 0.6 is 11.8 Å². The topological polar surface area (TPSA) is 90.0 Å². The molecule has 0 bridgehead atoms. The van der Waals surface area contributed by atoms with Crippen LogP contribution < -0.4 is 5.32 Å². The predicted molar refractivity (Wildman–Crippen MR) is 74.3 cm³/mol. The lowest BCUT2D eigenvalue weighted by molar-refractivity contribution is -0.141. The van der Waals surface area contributed by atoms with Crippen molar-refractivity contribution in [3.05, 3.63) is 0 Å². The number of carbonyl (C=O) groups excluding carboxylic acids is 2. The van der Waals surface area contributed by atoms with Gasteiger partial charge >= 0.3 is 12.0 Å². The first-order valence-corrected chi connectivity index (χ1v) is 7.63. The van der Waals surface area contributed by atoms with Gasteiger partial charge in [-0.15, -0.1) is 11.8 Å². The molecule has 2 rings (SSSR count). The van der Waals surface area contributed by atoms with Gasteiger partial charge in [0.2, 0.25) is 5.91 Å². The number of hydrogen-bond acceptors (Lipinski definition) is 4. The lowest BCUT2D eigenvalue weighted by Crippen LogP contribution is -2.49. The highest BCUT2D eigenvalue weighted by atomic mass is 32.2. The fourth-order valence-electron chi connectivity index (χ4n) is 2.63. The van der Waals surface area contributed by atoms with E-state index < -0.39 is 17.4 Å². The lowest BCUT2D eigenvalue weighted by Gasteiger charge is -2.28. The third-order valence-corrected chi connectivity index (χ3v) is 4.94. The molecule has 0 radical (unpaired) electrons. The van der Waals surface area contributed by atoms with E-state index in [-0.39, 0.29) is 11.9 Å². The zero-order valence-electron chi connectivity index (χ0n) is 11.6. The normalized spacial score (nSPS) is 29.6. The number of carboxylic acids is 1. The Morgan fingerprint density at radius 1 is 1.40 bits per heavy atom. The molecule has 7 nitrogen and oxygen atoms in total. The molecular weight excluding hydrogens is 282 g/mol. The molecule has 0 spiro atoms. The lowest BCUT2D eigenvalue weighted by atomic mass is 9.89. The Hall–Kier alpha value is -1.44. The van der Waals surface area contributed by atoms with E-state index >= 15 is 0 Å². The summed E-state index contributed by atoms with van der Waals surface area (Å²) in [5.41, 5.74) is -0.587. The largest absolute Gasteiger partial charge is 0.480 e. The van der Waals surface area contributed by atoms with Gasteiger partial charge in [-0.3, -0.25) is 4.79 Å². The highest BCUT2D eigenvalue weighted by molar-refractivity contribution is 7.99. The molecule has 0 aromatic rings. The van der Waals surface area contributed by atoms with Crippen molar-refractivity contribution in [1.82, 2.24) is 15.1 Å². The van der Waals surface area contributed by atoms with E-state index in [2.05, 4.69) is 5.32 Å². The molecule has 2 aliphatic rings. The first-order valence-electron chi connectivity index (χ1n) is 6.47. The van der Waals surface area contributed by atoms with E-state index in [1.54, 1.807) is 11.9 Å². The quantitative estimate of drug-likeness (QED) is 0.751. The van der Waals surface area contributed by atoms with Crippen LogP contribution in [-0.2, 0) is 9.59 Å². The van der Waals surface area contributed by atoms with E-state index in [4.69, 9.17) is 5.11 Å². The molecule has 0 aliphatic carbocycles. The third-order valence-electron chi connectivity index (χ3n) is 3.93. The minimum absolute atomic E-state index is 0.0848. The summed E-state index contributed by atoms with van der Waals surface area (Å²) in [5, 5.41) is 11.7. The third kappa shape index (κ3) is 2.56. The Morgan fingerprint density at radius 3 is 2.70 bits per heavy atom. The predicted octanol–water partition coefficient (Wildman–Crippen LogP) is 0.0239. The Bertz CT molecular complexity index is 444. The van der Waals surface area contributed by atoms with E-state index in [9.17, 15) is 14.4 Å². The van der Waals surface area contributed by atoms with Crippen molar-refractivity contribution in [3.63, 3.8) is 0 Å². The zero-order chi connectivity index (χ0) is 14.9. The van der Waals surface area contributed by atoms with E-state index in [1.807, 2.05) is 6.92 Å². The summed E-state index contributed by atoms with van der Waals surface area (Å²) in [6.07, 6.45) is 0.594. The van der Waals surface area contributed by atoms with Gasteiger partial charge in [0.1, 0.15) is 6.04 Å². The van der Waals surface area contributed by atoms with Gasteiger partial charge in [-0.1, -0.05) is 0 Å². The molecule has 0 aromatic heterocycles. The Labute approximate surface area is 121 Å². The van der Waals surface area contributed by atoms with Crippen molar-refractivity contribution in [2.24, 2.45) is 5.41 Å². The molecule has 2 saturated heterocycles. The van der Waals surface area contributed by atoms with Crippen LogP contribution in [0.5, 0.6) is 0 Å². The molecule has 0 saturated carbocycles. The second-order valence-electron chi connectivity index (χ2n) is 5.42. The molecule has 2 unspecified atom stereocenters. The van der Waals surface area contributed by atoms with Crippen LogP contribution in [-0.4, -0.2) is 70.6 Å². The number of carbonyl (C=O) groups is 3. The molecular formula is C12H19N3O4S. The van der Waals surface area contributed by atoms with Gasteiger partial charge in [0.15, 0.2) is 0 Å². The van der Waals surface area contributed by atoms with Crippen molar-refractivity contribution >= 4 is 29.7 Å². The van der Waals surface area contributed by atoms with Gasteiger partial charge in [0, 0.05) is 25.9 Å². The summed E-state index contributed by atoms with van der Waals surface area (Å²) in [5.74, 6) is -0.250. The van der Waals surface area contributed by atoms with Crippen molar-refractivity contribution in [2.75, 3.05) is 31.8 Å². The molecule has 20 heavy (non-hydrogen) atoms. The smallest absolute Gasteiger partial charge is 0.327 e. The average molecular weight is 301 g/mol. The molecule has 3 amide bonds. The number of carboxylic acid groups (broad SMARTS) is 1. The summed E-state index contributed by atoms with van der Waals surface area (Å²) < 4.78 is 0. The van der Waals surface area contributed by atoms with Gasteiger partial charge in [-0.05, 0) is 13.3 Å². The summed E-state index contributed by atoms with van der Waals surface area (Å²) in [4.78, 5) is 38.3. The van der Waals surface area contributed by atoms with E-state index in [0.717, 1.165) is 0 Å². The number of aliphatic carboxylic acids is 1. The standard InChI is InChI=1S/C12H19N3O4S/c1-12(10(18)13-2)3-4-14(6-12)11(19)15-7-20-5-8(15)9(16)17/h8H,3-7H2,1-2H3,(H,13,18)(H,16,17). The van der Waals surface area contributed by atoms with Crippen molar-refractivity contribution < 1.29 is 19.5 Å². The number of nitrogens with zero attached hydrogens (tertiary/aromatic N) is 2. The summed E-state index contributed by atoms with van der Waals surface area (Å²) in [6, 6.07) is -1.05. The Balaban J connectivity index is 2.05. The zero-order valence-corrected chi connectivity index (χ0v) is 12.4. The van der Waals surface area contributed by atoms with Crippen molar-refractivity contribution in [3.8, 4) is 0 Å². The van der Waals surface area contributed by atoms with Crippen LogP contribution in [0.1, 0.15) is 13.3 Å². The van der Waals surface area contributed by atoms with Gasteiger partial charge in [0.25, 0.3) is 0 Å². The van der Waals surface area contributed by atoms with Crippen LogP contribution in [0.15, 0.2) is 0 Å². The second kappa shape index (κ2) is 5.51. The van der Waals surface area contributed by atoms with Crippen molar-refractivity contribution in [1.29, 1.82) is 0 Å². The highest BCUT2D eigenvalue weighted by Gasteiger charge is 2.45. The summed E-state index contributed by atoms with van der Waals surface area (Å²) >= 11 is 1.43. The molecule has 112 valence electrons. The highest BCUT2D eigenvalue weighted by Crippen LogP contribution is 2.32. The maximum atomic E-state index is 12.4. The molecule has 2 aliphatic heterocycles. The van der Waals surface area contributed by atoms with E-state index in [1.165, 1.54) is 16.7 Å². The second-order valence-corrected chi connectivity index (χ2v) is 6.42. The van der Waals surface area contributed by atoms with Crippen LogP contribution in [0.3, 0.4) is 0 Å². The number of hydrogen-bond donors (Lipinski definition) is 2. The summed E-state index contributed by atoms with van der Waals surface area (Å²) in [7, 11) is 1.58. The fourth-order valence-corrected chi connectivity index (χ4v) is 3.77. The molecule has 2 heterocycles. The number of thioether (sulfide) groups is 1. The SMILES string of the molecule is CNC(=O)C1(C)CCN(C(=O)N2CSCC2C(=O)O)C1. The van der Waals surface area contributed by atoms with Gasteiger partial charge in [0.05, 0.1) is 11.3 Å². The van der Waals surface area contributed by atoms with E-state index in [0.29, 0.717) is 31.1 Å². The number of urea groups is 1. The van der Waals surface area contributed by atoms with Crippen LogP contribution in [0.25, 0.3) is 0 Å². The minimum atomic E-state index is -0.975. The summed E-state index contributed by atoms with van der Waals surface area (Å²) in [6.45, 7) is 2.64. The maximum Gasteiger partial charge on any atom is 0.327 e. The van der Waals surface area contributed by atoms with Crippen LogP contribution in [0.4, 0.5) is 4.79 Å². The van der Waals surface area contributed by atoms with Gasteiger partial charge < -0.3 is 20.2 Å². The molecule has 0 aromatic carbocycles. The van der Waals surface area contributed by atoms with Gasteiger partial charge in [-0.25, -0.2) is 9.59 Å². The monoisotopic (exact) mass is 301 g/mol. The number of likely N-dealkylation sites (tertiary alicyclic amines) is 1. The first-order chi connectivity index (χ1) is 9.39. The fraction of sp³-hybridized carbons (Fsp3) is 0.750. The molecule has 2 fully saturated rings. The Kier molecular flexibility index (Phi) is 4.12. The minimum Gasteiger partial charge on any atom is -0.480 e. The van der Waals surface area contributed by atoms with Crippen molar-refractivity contribution in [2.45, 2.75) is 19.4 Å². The number of rotatable bonds is 2. The number of amides is 3. The maximum absolute atomic E-state index is 12.4. The Morgan fingerprint density at radius 2 is 2.10 bits per heavy atom. The molecule has 2 N–H and O–H groups in total. The van der Waals surface area contributed by atoms with Gasteiger partial charge in [-0.2, -0.15) is 0 Å². The number of nitrogens with one attached hydrogen (secondary N) is 1. The molecule has 2 atom stereocenters. The average Bonchev–Trinajstić information content (AvgIpc) is 3.04. The first kappa shape index (κ1) is 15.0.